The third-order valence-corrected chi connectivity index (χ3v) is 3.11. The second-order valence-electron chi connectivity index (χ2n) is 5.07. The van der Waals surface area contributed by atoms with E-state index in [0.717, 1.165) is 11.1 Å². The van der Waals surface area contributed by atoms with Gasteiger partial charge in [0.2, 0.25) is 0 Å². The summed E-state index contributed by atoms with van der Waals surface area (Å²) < 4.78 is 18.2. The maximum atomic E-state index is 12.8. The van der Waals surface area contributed by atoms with Crippen LogP contribution < -0.4 is 15.6 Å². The molecule has 0 fully saturated rings. The van der Waals surface area contributed by atoms with Gasteiger partial charge in [0.05, 0.1) is 0 Å². The van der Waals surface area contributed by atoms with Crippen LogP contribution in [0.2, 0.25) is 0 Å². The van der Waals surface area contributed by atoms with E-state index in [2.05, 4.69) is 10.9 Å². The summed E-state index contributed by atoms with van der Waals surface area (Å²) in [7, 11) is 0. The van der Waals surface area contributed by atoms with Gasteiger partial charge in [0.15, 0.2) is 6.61 Å². The van der Waals surface area contributed by atoms with Crippen molar-refractivity contribution in [1.82, 2.24) is 10.9 Å². The van der Waals surface area contributed by atoms with E-state index in [1.54, 1.807) is 6.07 Å². The van der Waals surface area contributed by atoms with Gasteiger partial charge in [0.1, 0.15) is 11.6 Å². The number of nitrogens with one attached hydrogen (secondary N) is 2. The quantitative estimate of drug-likeness (QED) is 0.851. The molecule has 0 bridgehead atoms. The van der Waals surface area contributed by atoms with Gasteiger partial charge in [-0.05, 0) is 49.7 Å². The second kappa shape index (κ2) is 7.40. The zero-order chi connectivity index (χ0) is 16.8. The Balaban J connectivity index is 1.81. The number of hydrogen-bond acceptors (Lipinski definition) is 3. The molecule has 5 nitrogen and oxygen atoms in total. The second-order valence-corrected chi connectivity index (χ2v) is 5.07. The van der Waals surface area contributed by atoms with E-state index >= 15 is 0 Å². The fourth-order valence-corrected chi connectivity index (χ4v) is 1.94. The Hall–Kier alpha value is -2.89. The van der Waals surface area contributed by atoms with Gasteiger partial charge in [-0.3, -0.25) is 20.4 Å². The van der Waals surface area contributed by atoms with Crippen LogP contribution in [0.25, 0.3) is 0 Å². The molecule has 2 aromatic rings. The first-order valence-corrected chi connectivity index (χ1v) is 7.00. The molecular weight excluding hydrogens is 299 g/mol. The topological polar surface area (TPSA) is 67.4 Å². The van der Waals surface area contributed by atoms with Crippen molar-refractivity contribution in [3.63, 3.8) is 0 Å². The summed E-state index contributed by atoms with van der Waals surface area (Å²) in [6, 6.07) is 10.6. The van der Waals surface area contributed by atoms with Gasteiger partial charge in [0, 0.05) is 5.56 Å². The molecule has 0 aliphatic carbocycles. The van der Waals surface area contributed by atoms with Crippen LogP contribution in [0.4, 0.5) is 4.39 Å². The van der Waals surface area contributed by atoms with Crippen LogP contribution in [0.15, 0.2) is 42.5 Å². The zero-order valence-corrected chi connectivity index (χ0v) is 12.9. The number of hydrazine groups is 1. The zero-order valence-electron chi connectivity index (χ0n) is 12.9. The highest BCUT2D eigenvalue weighted by Crippen LogP contribution is 2.18. The smallest absolute Gasteiger partial charge is 0.276 e. The molecule has 0 saturated heterocycles. The minimum atomic E-state index is -0.537. The van der Waals surface area contributed by atoms with Crippen LogP contribution in [0.3, 0.4) is 0 Å². The highest BCUT2D eigenvalue weighted by molar-refractivity contribution is 5.95. The summed E-state index contributed by atoms with van der Waals surface area (Å²) >= 11 is 0. The molecule has 0 heterocycles. The Kier molecular flexibility index (Phi) is 5.30. The van der Waals surface area contributed by atoms with Gasteiger partial charge in [-0.15, -0.1) is 0 Å². The lowest BCUT2D eigenvalue weighted by Crippen LogP contribution is -2.43. The fraction of sp³-hybridized carbons (Fsp3) is 0.176. The monoisotopic (exact) mass is 316 g/mol. The van der Waals surface area contributed by atoms with Crippen LogP contribution in [-0.2, 0) is 4.79 Å². The van der Waals surface area contributed by atoms with Gasteiger partial charge in [0.25, 0.3) is 11.8 Å². The van der Waals surface area contributed by atoms with Crippen LogP contribution in [0.1, 0.15) is 21.5 Å². The first-order valence-electron chi connectivity index (χ1n) is 7.00. The third kappa shape index (κ3) is 4.81. The third-order valence-electron chi connectivity index (χ3n) is 3.11. The molecule has 0 aliphatic heterocycles. The number of aryl methyl sites for hydroxylation is 2. The average Bonchev–Trinajstić information content (AvgIpc) is 2.52. The average molecular weight is 316 g/mol. The lowest BCUT2D eigenvalue weighted by atomic mass is 10.1. The molecule has 2 amide bonds. The van der Waals surface area contributed by atoms with E-state index in [4.69, 9.17) is 4.74 Å². The van der Waals surface area contributed by atoms with Gasteiger partial charge in [-0.1, -0.05) is 17.7 Å². The molecule has 23 heavy (non-hydrogen) atoms. The molecule has 0 atom stereocenters. The summed E-state index contributed by atoms with van der Waals surface area (Å²) in [5.74, 6) is -0.867. The molecule has 2 N–H and O–H groups in total. The first-order chi connectivity index (χ1) is 11.0. The van der Waals surface area contributed by atoms with Gasteiger partial charge < -0.3 is 4.74 Å². The lowest BCUT2D eigenvalue weighted by Gasteiger charge is -2.11. The molecule has 0 spiro atoms. The molecule has 0 saturated carbocycles. The number of ether oxygens (including phenoxy) is 1. The largest absolute Gasteiger partial charge is 0.483 e. The summed E-state index contributed by atoms with van der Waals surface area (Å²) in [5.41, 5.74) is 6.74. The fourth-order valence-electron chi connectivity index (χ4n) is 1.94. The maximum absolute atomic E-state index is 12.8. The summed E-state index contributed by atoms with van der Waals surface area (Å²) in [6.45, 7) is 3.62. The summed E-state index contributed by atoms with van der Waals surface area (Å²) in [4.78, 5) is 23.4. The van der Waals surface area contributed by atoms with Gasteiger partial charge in [-0.25, -0.2) is 4.39 Å². The number of hydrogen-bond donors (Lipinski definition) is 2. The van der Waals surface area contributed by atoms with E-state index in [1.165, 1.54) is 24.3 Å². The van der Waals surface area contributed by atoms with Gasteiger partial charge in [-0.2, -0.15) is 0 Å². The van der Waals surface area contributed by atoms with Crippen LogP contribution >= 0.6 is 0 Å². The van der Waals surface area contributed by atoms with Crippen LogP contribution in [0.5, 0.6) is 5.75 Å². The van der Waals surface area contributed by atoms with Crippen molar-refractivity contribution in [2.45, 2.75) is 13.8 Å². The number of rotatable bonds is 4. The standard InChI is InChI=1S/C17H17FN2O3/c1-11-3-8-15(12(2)9-11)23-10-16(21)19-20-17(22)13-4-6-14(18)7-5-13/h3-9H,10H2,1-2H3,(H,19,21)(H,20,22). The highest BCUT2D eigenvalue weighted by Gasteiger charge is 2.08. The van der Waals surface area contributed by atoms with Crippen molar-refractivity contribution in [2.75, 3.05) is 6.61 Å². The maximum Gasteiger partial charge on any atom is 0.276 e. The van der Waals surface area contributed by atoms with E-state index in [0.29, 0.717) is 5.75 Å². The van der Waals surface area contributed by atoms with Crippen LogP contribution in [0, 0.1) is 19.7 Å². The minimum Gasteiger partial charge on any atom is -0.483 e. The number of amides is 2. The van der Waals surface area contributed by atoms with Crippen molar-refractivity contribution in [3.05, 3.63) is 65.0 Å². The Morgan fingerprint density at radius 3 is 2.39 bits per heavy atom. The Morgan fingerprint density at radius 1 is 1.04 bits per heavy atom. The molecule has 0 unspecified atom stereocenters. The Bertz CT molecular complexity index is 714. The molecule has 2 aromatic carbocycles. The van der Waals surface area contributed by atoms with Crippen molar-refractivity contribution >= 4 is 11.8 Å². The summed E-state index contributed by atoms with van der Waals surface area (Å²) in [5, 5.41) is 0. The van der Waals surface area contributed by atoms with Crippen LogP contribution in [-0.4, -0.2) is 18.4 Å². The SMILES string of the molecule is Cc1ccc(OCC(=O)NNC(=O)c2ccc(F)cc2)c(C)c1. The Morgan fingerprint density at radius 2 is 1.74 bits per heavy atom. The molecule has 0 radical (unpaired) electrons. The number of halogens is 1. The Labute approximate surface area is 133 Å². The van der Waals surface area contributed by atoms with E-state index in [9.17, 15) is 14.0 Å². The number of benzene rings is 2. The molecule has 2 rings (SSSR count). The molecule has 0 aromatic heterocycles. The van der Waals surface area contributed by atoms with Crippen molar-refractivity contribution < 1.29 is 18.7 Å². The predicted molar refractivity (Wildman–Crippen MR) is 83.4 cm³/mol. The number of carbonyl (C=O) groups is 2. The summed E-state index contributed by atoms with van der Waals surface area (Å²) in [6.07, 6.45) is 0. The lowest BCUT2D eigenvalue weighted by molar-refractivity contribution is -0.123. The van der Waals surface area contributed by atoms with Crippen molar-refractivity contribution in [3.8, 4) is 5.75 Å². The van der Waals surface area contributed by atoms with E-state index in [-0.39, 0.29) is 12.2 Å². The highest BCUT2D eigenvalue weighted by atomic mass is 19.1. The predicted octanol–water partition coefficient (Wildman–Crippen LogP) is 2.28. The van der Waals surface area contributed by atoms with E-state index < -0.39 is 17.6 Å². The van der Waals surface area contributed by atoms with Crippen molar-refractivity contribution in [2.24, 2.45) is 0 Å². The normalized spacial score (nSPS) is 10.0. The first kappa shape index (κ1) is 16.5. The van der Waals surface area contributed by atoms with Crippen molar-refractivity contribution in [1.29, 1.82) is 0 Å². The minimum absolute atomic E-state index is 0.229. The molecule has 6 heteroatoms. The van der Waals surface area contributed by atoms with Gasteiger partial charge >= 0.3 is 0 Å². The molecule has 0 aliphatic rings. The molecular formula is C17H17FN2O3. The number of carbonyl (C=O) groups excluding carboxylic acids is 2. The van der Waals surface area contributed by atoms with E-state index in [1.807, 2.05) is 26.0 Å². The molecule has 120 valence electrons.